The van der Waals surface area contributed by atoms with Crippen LogP contribution >= 0.6 is 0 Å². The Balaban J connectivity index is 1.88. The predicted molar refractivity (Wildman–Crippen MR) is 75.7 cm³/mol. The van der Waals surface area contributed by atoms with Crippen LogP contribution in [0.2, 0.25) is 0 Å². The van der Waals surface area contributed by atoms with Gasteiger partial charge in [0.15, 0.2) is 11.5 Å². The van der Waals surface area contributed by atoms with E-state index in [1.807, 2.05) is 37.4 Å². The quantitative estimate of drug-likeness (QED) is 0.834. The molecule has 20 heavy (non-hydrogen) atoms. The predicted octanol–water partition coefficient (Wildman–Crippen LogP) is 1.78. The molecule has 0 amide bonds. The molecule has 1 aromatic heterocycles. The van der Waals surface area contributed by atoms with Crippen LogP contribution in [0.3, 0.4) is 0 Å². The zero-order chi connectivity index (χ0) is 14.4. The van der Waals surface area contributed by atoms with Gasteiger partial charge in [0.2, 0.25) is 0 Å². The summed E-state index contributed by atoms with van der Waals surface area (Å²) in [5.41, 5.74) is 6.71. The van der Waals surface area contributed by atoms with Crippen LogP contribution in [0.15, 0.2) is 30.5 Å². The Hall–Kier alpha value is -2.08. The van der Waals surface area contributed by atoms with Crippen LogP contribution in [0.4, 0.5) is 0 Å². The molecule has 0 fully saturated rings. The van der Waals surface area contributed by atoms with Crippen LogP contribution in [0, 0.1) is 0 Å². The Bertz CT molecular complexity index is 541. The monoisotopic (exact) mass is 276 g/mol. The summed E-state index contributed by atoms with van der Waals surface area (Å²) < 4.78 is 12.6. The molecule has 6 nitrogen and oxygen atoms in total. The third kappa shape index (κ3) is 3.48. The Morgan fingerprint density at radius 3 is 2.75 bits per heavy atom. The molecule has 2 aromatic rings. The molecule has 0 spiro atoms. The van der Waals surface area contributed by atoms with E-state index in [0.29, 0.717) is 13.2 Å². The Labute approximate surface area is 118 Å². The molecule has 1 atom stereocenters. The smallest absolute Gasteiger partial charge is 0.161 e. The molecule has 1 aromatic carbocycles. The summed E-state index contributed by atoms with van der Waals surface area (Å²) in [5.74, 6) is 1.44. The number of methoxy groups -OCH3 is 1. The van der Waals surface area contributed by atoms with Crippen molar-refractivity contribution in [1.82, 2.24) is 15.0 Å². The highest BCUT2D eigenvalue weighted by atomic mass is 16.5. The second kappa shape index (κ2) is 6.91. The molecular formula is C14H20N4O2. The van der Waals surface area contributed by atoms with E-state index >= 15 is 0 Å². The number of nitrogens with two attached hydrogens (primary N) is 1. The second-order valence-electron chi connectivity index (χ2n) is 4.42. The topological polar surface area (TPSA) is 75.2 Å². The van der Waals surface area contributed by atoms with Crippen LogP contribution in [-0.4, -0.2) is 28.7 Å². The van der Waals surface area contributed by atoms with Crippen LogP contribution in [0.5, 0.6) is 11.5 Å². The Morgan fingerprint density at radius 2 is 2.05 bits per heavy atom. The van der Waals surface area contributed by atoms with Gasteiger partial charge >= 0.3 is 0 Å². The van der Waals surface area contributed by atoms with Crippen LogP contribution in [0.1, 0.15) is 25.1 Å². The lowest BCUT2D eigenvalue weighted by molar-refractivity contribution is 0.273. The lowest BCUT2D eigenvalue weighted by atomic mass is 10.2. The van der Waals surface area contributed by atoms with Crippen molar-refractivity contribution >= 4 is 0 Å². The van der Waals surface area contributed by atoms with Gasteiger partial charge in [-0.15, -0.1) is 5.10 Å². The van der Waals surface area contributed by atoms with E-state index in [-0.39, 0.29) is 6.04 Å². The van der Waals surface area contributed by atoms with Gasteiger partial charge in [-0.05, 0) is 18.6 Å². The molecule has 0 bridgehead atoms. The van der Waals surface area contributed by atoms with Gasteiger partial charge in [-0.3, -0.25) is 0 Å². The minimum absolute atomic E-state index is 0.0566. The average Bonchev–Trinajstić information content (AvgIpc) is 2.96. The van der Waals surface area contributed by atoms with Crippen molar-refractivity contribution in [3.8, 4) is 11.5 Å². The molecule has 0 aliphatic carbocycles. The molecule has 1 heterocycles. The van der Waals surface area contributed by atoms with Crippen molar-refractivity contribution in [3.63, 3.8) is 0 Å². The summed E-state index contributed by atoms with van der Waals surface area (Å²) in [6.45, 7) is 3.13. The van der Waals surface area contributed by atoms with Gasteiger partial charge in [0, 0.05) is 0 Å². The number of nitrogens with zero attached hydrogens (tertiary/aromatic N) is 3. The second-order valence-corrected chi connectivity index (χ2v) is 4.42. The summed E-state index contributed by atoms with van der Waals surface area (Å²) in [6.07, 6.45) is 2.70. The largest absolute Gasteiger partial charge is 0.493 e. The van der Waals surface area contributed by atoms with Crippen LogP contribution in [0.25, 0.3) is 0 Å². The summed E-state index contributed by atoms with van der Waals surface area (Å²) in [6, 6.07) is 7.49. The summed E-state index contributed by atoms with van der Waals surface area (Å²) >= 11 is 0. The zero-order valence-corrected chi connectivity index (χ0v) is 11.8. The lowest BCUT2D eigenvalue weighted by Gasteiger charge is -2.09. The maximum atomic E-state index is 5.90. The number of aromatic nitrogens is 3. The molecule has 1 unspecified atom stereocenters. The average molecular weight is 276 g/mol. The number of rotatable bonds is 7. The highest BCUT2D eigenvalue weighted by Crippen LogP contribution is 2.25. The van der Waals surface area contributed by atoms with Gasteiger partial charge in [0.25, 0.3) is 0 Å². The number of benzene rings is 1. The number of para-hydroxylation sites is 2. The molecule has 2 rings (SSSR count). The Kier molecular flexibility index (Phi) is 4.95. The van der Waals surface area contributed by atoms with E-state index in [0.717, 1.165) is 23.6 Å². The van der Waals surface area contributed by atoms with Gasteiger partial charge in [-0.25, -0.2) is 4.68 Å². The summed E-state index contributed by atoms with van der Waals surface area (Å²) in [5, 5.41) is 8.09. The van der Waals surface area contributed by atoms with Gasteiger partial charge in [0.1, 0.15) is 6.61 Å². The molecule has 0 aliphatic rings. The Morgan fingerprint density at radius 1 is 1.30 bits per heavy atom. The van der Waals surface area contributed by atoms with Crippen molar-refractivity contribution in [1.29, 1.82) is 0 Å². The molecule has 6 heteroatoms. The number of hydrogen-bond acceptors (Lipinski definition) is 5. The minimum Gasteiger partial charge on any atom is -0.493 e. The van der Waals surface area contributed by atoms with Crippen molar-refractivity contribution in [3.05, 3.63) is 36.2 Å². The van der Waals surface area contributed by atoms with Gasteiger partial charge in [-0.1, -0.05) is 24.3 Å². The molecular weight excluding hydrogens is 256 g/mol. The van der Waals surface area contributed by atoms with Crippen molar-refractivity contribution < 1.29 is 9.47 Å². The molecule has 2 N–H and O–H groups in total. The molecule has 0 radical (unpaired) electrons. The lowest BCUT2D eigenvalue weighted by Crippen LogP contribution is -2.10. The SMILES string of the molecule is CCC(N)c1cn(CCOc2ccccc2OC)nn1. The van der Waals surface area contributed by atoms with Crippen molar-refractivity contribution in [2.45, 2.75) is 25.9 Å². The maximum Gasteiger partial charge on any atom is 0.161 e. The highest BCUT2D eigenvalue weighted by molar-refractivity contribution is 5.39. The normalized spacial score (nSPS) is 12.2. The van der Waals surface area contributed by atoms with E-state index < -0.39 is 0 Å². The zero-order valence-electron chi connectivity index (χ0n) is 11.8. The molecule has 0 saturated heterocycles. The fourth-order valence-corrected chi connectivity index (χ4v) is 1.79. The first-order valence-corrected chi connectivity index (χ1v) is 6.66. The molecule has 0 saturated carbocycles. The van der Waals surface area contributed by atoms with E-state index in [9.17, 15) is 0 Å². The highest BCUT2D eigenvalue weighted by Gasteiger charge is 2.08. The first-order chi connectivity index (χ1) is 9.74. The van der Waals surface area contributed by atoms with Gasteiger partial charge < -0.3 is 15.2 Å². The maximum absolute atomic E-state index is 5.90. The summed E-state index contributed by atoms with van der Waals surface area (Å²) in [7, 11) is 1.62. The van der Waals surface area contributed by atoms with E-state index in [1.165, 1.54) is 0 Å². The van der Waals surface area contributed by atoms with Crippen LogP contribution in [-0.2, 0) is 6.54 Å². The number of ether oxygens (including phenoxy) is 2. The van der Waals surface area contributed by atoms with Crippen molar-refractivity contribution in [2.75, 3.05) is 13.7 Å². The first kappa shape index (κ1) is 14.3. The first-order valence-electron chi connectivity index (χ1n) is 6.66. The van der Waals surface area contributed by atoms with Gasteiger partial charge in [-0.2, -0.15) is 0 Å². The number of hydrogen-bond donors (Lipinski definition) is 1. The van der Waals surface area contributed by atoms with Gasteiger partial charge in [0.05, 0.1) is 31.6 Å². The fourth-order valence-electron chi connectivity index (χ4n) is 1.79. The standard InChI is InChI=1S/C14H20N4O2/c1-3-11(15)12-10-18(17-16-12)8-9-20-14-7-5-4-6-13(14)19-2/h4-7,10-11H,3,8-9,15H2,1-2H3. The van der Waals surface area contributed by atoms with E-state index in [1.54, 1.807) is 11.8 Å². The molecule has 108 valence electrons. The van der Waals surface area contributed by atoms with Crippen molar-refractivity contribution in [2.24, 2.45) is 5.73 Å². The van der Waals surface area contributed by atoms with E-state index in [2.05, 4.69) is 10.3 Å². The van der Waals surface area contributed by atoms with Crippen LogP contribution < -0.4 is 15.2 Å². The third-order valence-corrected chi connectivity index (χ3v) is 3.02. The fraction of sp³-hybridized carbons (Fsp3) is 0.429. The minimum atomic E-state index is -0.0566. The third-order valence-electron chi connectivity index (χ3n) is 3.02. The summed E-state index contributed by atoms with van der Waals surface area (Å²) in [4.78, 5) is 0. The molecule has 0 aliphatic heterocycles. The van der Waals surface area contributed by atoms with E-state index in [4.69, 9.17) is 15.2 Å².